The molecule has 0 aliphatic carbocycles. The molecule has 6 nitrogen and oxygen atoms in total. The number of hydrogen-bond donors (Lipinski definition) is 1. The second-order valence-electron chi connectivity index (χ2n) is 6.41. The minimum atomic E-state index is -1.93. The smallest absolute Gasteiger partial charge is 0.214 e. The minimum absolute atomic E-state index is 0.392. The molecule has 25 heavy (non-hydrogen) atoms. The molecule has 2 saturated heterocycles. The summed E-state index contributed by atoms with van der Waals surface area (Å²) in [5.41, 5.74) is -3.15. The Labute approximate surface area is 150 Å². The van der Waals surface area contributed by atoms with E-state index in [1.807, 2.05) is 19.1 Å². The summed E-state index contributed by atoms with van der Waals surface area (Å²) in [5.74, 6) is -2.28. The average molecular weight is 355 g/mol. The zero-order valence-corrected chi connectivity index (χ0v) is 14.5. The van der Waals surface area contributed by atoms with E-state index in [0.717, 1.165) is 0 Å². The molecule has 0 spiro atoms. The van der Waals surface area contributed by atoms with Crippen LogP contribution in [0.15, 0.2) is 24.3 Å². The number of hydrogen-bond acceptors (Lipinski definition) is 6. The van der Waals surface area contributed by atoms with Crippen molar-refractivity contribution in [1.82, 2.24) is 0 Å². The summed E-state index contributed by atoms with van der Waals surface area (Å²) < 4.78 is 11.7. The second-order valence-corrected chi connectivity index (χ2v) is 6.85. The highest BCUT2D eigenvalue weighted by atomic mass is 35.5. The number of nitriles is 3. The highest BCUT2D eigenvalue weighted by Gasteiger charge is 2.78. The highest BCUT2D eigenvalue weighted by molar-refractivity contribution is 6.30. The van der Waals surface area contributed by atoms with Gasteiger partial charge in [0.15, 0.2) is 5.41 Å². The van der Waals surface area contributed by atoms with Crippen LogP contribution in [0, 0.1) is 56.2 Å². The first-order valence-corrected chi connectivity index (χ1v) is 8.18. The van der Waals surface area contributed by atoms with Crippen LogP contribution >= 0.6 is 11.6 Å². The number of nitrogens with one attached hydrogen (secondary N) is 1. The molecule has 1 aromatic carbocycles. The molecule has 7 heteroatoms. The van der Waals surface area contributed by atoms with Gasteiger partial charge in [0.2, 0.25) is 17.1 Å². The van der Waals surface area contributed by atoms with Crippen LogP contribution in [0.25, 0.3) is 0 Å². The molecule has 3 rings (SSSR count). The van der Waals surface area contributed by atoms with Gasteiger partial charge in [-0.1, -0.05) is 30.7 Å². The van der Waals surface area contributed by atoms with Gasteiger partial charge >= 0.3 is 0 Å². The first-order valence-electron chi connectivity index (χ1n) is 7.80. The second kappa shape index (κ2) is 5.46. The Morgan fingerprint density at radius 1 is 1.24 bits per heavy atom. The van der Waals surface area contributed by atoms with Crippen molar-refractivity contribution in [3.63, 3.8) is 0 Å². The van der Waals surface area contributed by atoms with E-state index in [4.69, 9.17) is 26.5 Å². The molecule has 2 fully saturated rings. The summed E-state index contributed by atoms with van der Waals surface area (Å²) in [7, 11) is 0. The van der Waals surface area contributed by atoms with Crippen molar-refractivity contribution in [2.45, 2.75) is 32.2 Å². The van der Waals surface area contributed by atoms with Crippen LogP contribution in [-0.4, -0.2) is 11.7 Å². The molecular weight excluding hydrogens is 340 g/mol. The monoisotopic (exact) mass is 354 g/mol. The SMILES string of the molecule is CCC1C2(C)OC(=N)C1(C#N)C(C#N)(C#N)C(c1cccc(Cl)c1)O2. The zero-order chi connectivity index (χ0) is 18.5. The van der Waals surface area contributed by atoms with Gasteiger partial charge in [-0.3, -0.25) is 5.41 Å². The van der Waals surface area contributed by atoms with Gasteiger partial charge in [0.1, 0.15) is 6.10 Å². The lowest BCUT2D eigenvalue weighted by Gasteiger charge is -2.48. The Morgan fingerprint density at radius 3 is 2.44 bits per heavy atom. The van der Waals surface area contributed by atoms with Crippen molar-refractivity contribution in [2.75, 3.05) is 0 Å². The van der Waals surface area contributed by atoms with Crippen molar-refractivity contribution in [2.24, 2.45) is 16.7 Å². The minimum Gasteiger partial charge on any atom is -0.448 e. The van der Waals surface area contributed by atoms with Gasteiger partial charge in [0.05, 0.1) is 24.1 Å². The molecule has 4 unspecified atom stereocenters. The Kier molecular flexibility index (Phi) is 3.77. The van der Waals surface area contributed by atoms with Gasteiger partial charge in [-0.05, 0) is 24.1 Å². The predicted molar refractivity (Wildman–Crippen MR) is 88.0 cm³/mol. The largest absolute Gasteiger partial charge is 0.448 e. The van der Waals surface area contributed by atoms with Crippen LogP contribution in [0.4, 0.5) is 0 Å². The molecule has 0 saturated carbocycles. The molecule has 1 N–H and O–H groups in total. The van der Waals surface area contributed by atoms with Crippen LogP contribution < -0.4 is 0 Å². The lowest BCUT2D eigenvalue weighted by Crippen LogP contribution is -2.58. The summed E-state index contributed by atoms with van der Waals surface area (Å²) >= 11 is 6.06. The Balaban J connectivity index is 2.34. The van der Waals surface area contributed by atoms with E-state index in [2.05, 4.69) is 6.07 Å². The first kappa shape index (κ1) is 17.2. The molecule has 126 valence electrons. The predicted octanol–water partition coefficient (Wildman–Crippen LogP) is 3.70. The quantitative estimate of drug-likeness (QED) is 0.869. The molecule has 2 bridgehead atoms. The summed E-state index contributed by atoms with van der Waals surface area (Å²) in [6, 6.07) is 12.7. The van der Waals surface area contributed by atoms with E-state index in [-0.39, 0.29) is 0 Å². The van der Waals surface area contributed by atoms with Crippen molar-refractivity contribution in [1.29, 1.82) is 21.2 Å². The Bertz CT molecular complexity index is 866. The van der Waals surface area contributed by atoms with Crippen LogP contribution in [0.5, 0.6) is 0 Å². The maximum absolute atomic E-state index is 10.0. The van der Waals surface area contributed by atoms with Gasteiger partial charge < -0.3 is 9.47 Å². The first-order chi connectivity index (χ1) is 11.8. The van der Waals surface area contributed by atoms with Crippen LogP contribution in [0.1, 0.15) is 31.9 Å². The number of nitrogens with zero attached hydrogens (tertiary/aromatic N) is 3. The molecule has 2 heterocycles. The molecule has 2 aliphatic heterocycles. The summed E-state index contributed by atoms with van der Waals surface area (Å²) in [6.07, 6.45) is -0.656. The Hall–Kier alpha value is -2.59. The lowest BCUT2D eigenvalue weighted by atomic mass is 9.53. The van der Waals surface area contributed by atoms with Gasteiger partial charge in [0.25, 0.3) is 0 Å². The van der Waals surface area contributed by atoms with Gasteiger partial charge in [0, 0.05) is 11.9 Å². The van der Waals surface area contributed by atoms with Crippen molar-refractivity contribution in [3.8, 4) is 18.2 Å². The van der Waals surface area contributed by atoms with Crippen molar-refractivity contribution >= 4 is 17.5 Å². The fraction of sp³-hybridized carbons (Fsp3) is 0.444. The van der Waals surface area contributed by atoms with Gasteiger partial charge in [-0.15, -0.1) is 0 Å². The third kappa shape index (κ3) is 1.89. The molecule has 0 radical (unpaired) electrons. The number of benzene rings is 1. The van der Waals surface area contributed by atoms with Gasteiger partial charge in [-0.25, -0.2) is 0 Å². The molecule has 2 aliphatic rings. The van der Waals surface area contributed by atoms with Crippen LogP contribution in [0.2, 0.25) is 5.02 Å². The summed E-state index contributed by atoms with van der Waals surface area (Å²) in [6.45, 7) is 3.46. The standard InChI is InChI=1S/C18H15ClN4O2/c1-3-13-16(2)24-14(11-5-4-6-12(19)7-11)17(8-20,9-21)18(13,10-22)15(23)25-16/h4-7,13-14,23H,3H2,1-2H3. The van der Waals surface area contributed by atoms with E-state index in [1.54, 1.807) is 31.2 Å². The summed E-state index contributed by atoms with van der Waals surface area (Å²) in [5, 5.41) is 38.7. The number of fused-ring (bicyclic) bond motifs is 2. The van der Waals surface area contributed by atoms with Crippen molar-refractivity contribution < 1.29 is 9.47 Å². The normalized spacial score (nSPS) is 35.1. The maximum Gasteiger partial charge on any atom is 0.214 e. The van der Waals surface area contributed by atoms with E-state index >= 15 is 0 Å². The molecule has 1 aromatic rings. The zero-order valence-electron chi connectivity index (χ0n) is 13.7. The molecular formula is C18H15ClN4O2. The van der Waals surface area contributed by atoms with Gasteiger partial charge in [-0.2, -0.15) is 15.8 Å². The highest BCUT2D eigenvalue weighted by Crippen LogP contribution is 2.67. The topological polar surface area (TPSA) is 114 Å². The number of rotatable bonds is 2. The van der Waals surface area contributed by atoms with E-state index in [0.29, 0.717) is 17.0 Å². The third-order valence-corrected chi connectivity index (χ3v) is 5.51. The third-order valence-electron chi connectivity index (χ3n) is 5.27. The Morgan fingerprint density at radius 2 is 1.92 bits per heavy atom. The average Bonchev–Trinajstić information content (AvgIpc) is 2.77. The fourth-order valence-corrected chi connectivity index (χ4v) is 4.39. The van der Waals surface area contributed by atoms with Crippen molar-refractivity contribution in [3.05, 3.63) is 34.9 Å². The molecule has 4 atom stereocenters. The number of ether oxygens (including phenoxy) is 2. The molecule has 0 amide bonds. The van der Waals surface area contributed by atoms with E-state index < -0.39 is 34.5 Å². The maximum atomic E-state index is 10.0. The van der Waals surface area contributed by atoms with Crippen LogP contribution in [-0.2, 0) is 9.47 Å². The summed E-state index contributed by atoms with van der Waals surface area (Å²) in [4.78, 5) is 0. The van der Waals surface area contributed by atoms with E-state index in [1.165, 1.54) is 0 Å². The fourth-order valence-electron chi connectivity index (χ4n) is 4.20. The molecule has 0 aromatic heterocycles. The number of halogens is 1. The lowest BCUT2D eigenvalue weighted by molar-refractivity contribution is -0.273. The van der Waals surface area contributed by atoms with Crippen LogP contribution in [0.3, 0.4) is 0 Å². The van der Waals surface area contributed by atoms with E-state index in [9.17, 15) is 15.8 Å².